The van der Waals surface area contributed by atoms with Gasteiger partial charge in [0.25, 0.3) is 0 Å². The molecule has 1 rings (SSSR count). The predicted octanol–water partition coefficient (Wildman–Crippen LogP) is 0.712. The van der Waals surface area contributed by atoms with Crippen LogP contribution in [-0.2, 0) is 4.74 Å². The van der Waals surface area contributed by atoms with Crippen molar-refractivity contribution in [1.29, 1.82) is 0 Å². The molecule has 0 aromatic rings. The van der Waals surface area contributed by atoms with Crippen molar-refractivity contribution >= 4 is 17.3 Å². The van der Waals surface area contributed by atoms with Crippen LogP contribution in [0.2, 0.25) is 0 Å². The molecule has 1 atom stereocenters. The number of hydrogen-bond acceptors (Lipinski definition) is 3. The SMILES string of the molecule is CC(=S)OC1CCNC1. The van der Waals surface area contributed by atoms with Crippen molar-refractivity contribution in [3.05, 3.63) is 0 Å². The lowest BCUT2D eigenvalue weighted by molar-refractivity contribution is 0.214. The van der Waals surface area contributed by atoms with E-state index < -0.39 is 0 Å². The molecule has 0 aliphatic carbocycles. The molecule has 1 aliphatic rings. The van der Waals surface area contributed by atoms with Gasteiger partial charge in [-0.2, -0.15) is 0 Å². The summed E-state index contributed by atoms with van der Waals surface area (Å²) in [5.41, 5.74) is 0. The van der Waals surface area contributed by atoms with E-state index in [2.05, 4.69) is 5.32 Å². The van der Waals surface area contributed by atoms with Crippen LogP contribution in [0.1, 0.15) is 13.3 Å². The Morgan fingerprint density at radius 2 is 2.56 bits per heavy atom. The summed E-state index contributed by atoms with van der Waals surface area (Å²) < 4.78 is 5.28. The van der Waals surface area contributed by atoms with Crippen molar-refractivity contribution in [3.63, 3.8) is 0 Å². The van der Waals surface area contributed by atoms with Gasteiger partial charge in [-0.3, -0.25) is 0 Å². The Hall–Kier alpha value is -0.150. The summed E-state index contributed by atoms with van der Waals surface area (Å²) in [4.78, 5) is 0. The number of hydrogen-bond donors (Lipinski definition) is 1. The minimum absolute atomic E-state index is 0.336. The van der Waals surface area contributed by atoms with E-state index in [0.717, 1.165) is 19.5 Å². The van der Waals surface area contributed by atoms with Gasteiger partial charge in [-0.1, -0.05) is 0 Å². The van der Waals surface area contributed by atoms with E-state index >= 15 is 0 Å². The van der Waals surface area contributed by atoms with Crippen LogP contribution in [0.25, 0.3) is 0 Å². The molecule has 0 aromatic heterocycles. The van der Waals surface area contributed by atoms with E-state index in [0.29, 0.717) is 11.2 Å². The number of ether oxygens (including phenoxy) is 1. The van der Waals surface area contributed by atoms with E-state index in [9.17, 15) is 0 Å². The Kier molecular flexibility index (Phi) is 2.42. The summed E-state index contributed by atoms with van der Waals surface area (Å²) in [7, 11) is 0. The van der Waals surface area contributed by atoms with Gasteiger partial charge in [-0.25, -0.2) is 0 Å². The first-order chi connectivity index (χ1) is 4.29. The van der Waals surface area contributed by atoms with Crippen LogP contribution in [0.15, 0.2) is 0 Å². The second-order valence-electron chi connectivity index (χ2n) is 2.22. The molecule has 9 heavy (non-hydrogen) atoms. The standard InChI is InChI=1S/C6H11NOS/c1-5(9)8-6-2-3-7-4-6/h6-7H,2-4H2,1H3. The molecule has 1 fully saturated rings. The highest BCUT2D eigenvalue weighted by molar-refractivity contribution is 7.80. The van der Waals surface area contributed by atoms with Gasteiger partial charge in [0, 0.05) is 13.5 Å². The molecule has 1 saturated heterocycles. The van der Waals surface area contributed by atoms with Crippen LogP contribution in [0.3, 0.4) is 0 Å². The third kappa shape index (κ3) is 2.28. The first-order valence-corrected chi connectivity index (χ1v) is 3.58. The highest BCUT2D eigenvalue weighted by Gasteiger charge is 2.14. The molecule has 2 nitrogen and oxygen atoms in total. The normalized spacial score (nSPS) is 26.1. The van der Waals surface area contributed by atoms with E-state index in [1.807, 2.05) is 6.92 Å². The molecule has 1 N–H and O–H groups in total. The van der Waals surface area contributed by atoms with Gasteiger partial charge in [-0.15, -0.1) is 0 Å². The Balaban J connectivity index is 2.19. The molecule has 0 saturated carbocycles. The number of rotatable bonds is 1. The lowest BCUT2D eigenvalue weighted by Crippen LogP contribution is -2.18. The molecule has 1 aliphatic heterocycles. The van der Waals surface area contributed by atoms with Crippen molar-refractivity contribution in [1.82, 2.24) is 5.32 Å². The highest BCUT2D eigenvalue weighted by atomic mass is 32.1. The maximum Gasteiger partial charge on any atom is 0.157 e. The molecular weight excluding hydrogens is 134 g/mol. The molecule has 0 spiro atoms. The Bertz CT molecular complexity index is 110. The monoisotopic (exact) mass is 145 g/mol. The van der Waals surface area contributed by atoms with Crippen molar-refractivity contribution in [3.8, 4) is 0 Å². The molecule has 0 aromatic carbocycles. The molecule has 52 valence electrons. The summed E-state index contributed by atoms with van der Waals surface area (Å²) in [6.07, 6.45) is 1.43. The van der Waals surface area contributed by atoms with Gasteiger partial charge < -0.3 is 10.1 Å². The van der Waals surface area contributed by atoms with Crippen LogP contribution < -0.4 is 5.32 Å². The molecule has 1 heterocycles. The average Bonchev–Trinajstić information content (AvgIpc) is 2.15. The molecule has 0 amide bonds. The van der Waals surface area contributed by atoms with Gasteiger partial charge in [-0.05, 0) is 25.2 Å². The summed E-state index contributed by atoms with van der Waals surface area (Å²) in [6.45, 7) is 3.83. The van der Waals surface area contributed by atoms with Gasteiger partial charge in [0.2, 0.25) is 0 Å². The lowest BCUT2D eigenvalue weighted by atomic mass is 10.3. The summed E-state index contributed by atoms with van der Waals surface area (Å²) in [5, 5.41) is 3.85. The minimum atomic E-state index is 0.336. The van der Waals surface area contributed by atoms with Crippen molar-refractivity contribution in [2.45, 2.75) is 19.4 Å². The molecule has 0 radical (unpaired) electrons. The maximum atomic E-state index is 5.28. The van der Waals surface area contributed by atoms with Gasteiger partial charge in [0.15, 0.2) is 5.05 Å². The van der Waals surface area contributed by atoms with Crippen molar-refractivity contribution < 1.29 is 4.74 Å². The zero-order chi connectivity index (χ0) is 6.69. The van der Waals surface area contributed by atoms with Crippen molar-refractivity contribution in [2.75, 3.05) is 13.1 Å². The Labute approximate surface area is 60.6 Å². The molecule has 1 unspecified atom stereocenters. The van der Waals surface area contributed by atoms with Crippen LogP contribution in [0, 0.1) is 0 Å². The van der Waals surface area contributed by atoms with E-state index in [1.54, 1.807) is 0 Å². The van der Waals surface area contributed by atoms with E-state index in [-0.39, 0.29) is 0 Å². The number of nitrogens with one attached hydrogen (secondary N) is 1. The highest BCUT2D eigenvalue weighted by Crippen LogP contribution is 2.02. The first kappa shape index (κ1) is 6.96. The zero-order valence-electron chi connectivity index (χ0n) is 5.52. The third-order valence-electron chi connectivity index (χ3n) is 1.35. The Morgan fingerprint density at radius 3 is 3.00 bits per heavy atom. The van der Waals surface area contributed by atoms with Crippen LogP contribution >= 0.6 is 12.2 Å². The zero-order valence-corrected chi connectivity index (χ0v) is 6.33. The fraction of sp³-hybridized carbons (Fsp3) is 0.833. The van der Waals surface area contributed by atoms with Crippen LogP contribution in [-0.4, -0.2) is 24.2 Å². The fourth-order valence-electron chi connectivity index (χ4n) is 0.963. The Morgan fingerprint density at radius 1 is 1.78 bits per heavy atom. The van der Waals surface area contributed by atoms with E-state index in [4.69, 9.17) is 17.0 Å². The summed E-state index contributed by atoms with van der Waals surface area (Å²) in [5.74, 6) is 0. The van der Waals surface area contributed by atoms with E-state index in [1.165, 1.54) is 0 Å². The fourth-order valence-corrected chi connectivity index (χ4v) is 1.10. The van der Waals surface area contributed by atoms with Crippen molar-refractivity contribution in [2.24, 2.45) is 0 Å². The van der Waals surface area contributed by atoms with Crippen LogP contribution in [0.5, 0.6) is 0 Å². The largest absolute Gasteiger partial charge is 0.483 e. The predicted molar refractivity (Wildman–Crippen MR) is 40.6 cm³/mol. The summed E-state index contributed by atoms with van der Waals surface area (Å²) in [6, 6.07) is 0. The summed E-state index contributed by atoms with van der Waals surface area (Å²) >= 11 is 4.78. The first-order valence-electron chi connectivity index (χ1n) is 3.17. The third-order valence-corrected chi connectivity index (χ3v) is 1.44. The van der Waals surface area contributed by atoms with Gasteiger partial charge in [0.1, 0.15) is 6.10 Å². The minimum Gasteiger partial charge on any atom is -0.483 e. The molecular formula is C6H11NOS. The second-order valence-corrected chi connectivity index (χ2v) is 2.80. The molecule has 0 bridgehead atoms. The van der Waals surface area contributed by atoms with Gasteiger partial charge in [0.05, 0.1) is 0 Å². The topological polar surface area (TPSA) is 21.3 Å². The second kappa shape index (κ2) is 3.13. The quantitative estimate of drug-likeness (QED) is 0.549. The molecule has 3 heteroatoms. The van der Waals surface area contributed by atoms with Gasteiger partial charge >= 0.3 is 0 Å². The lowest BCUT2D eigenvalue weighted by Gasteiger charge is -2.08. The smallest absolute Gasteiger partial charge is 0.157 e. The number of thiocarbonyl (C=S) groups is 1. The maximum absolute atomic E-state index is 5.28. The average molecular weight is 145 g/mol. The van der Waals surface area contributed by atoms with Crippen LogP contribution in [0.4, 0.5) is 0 Å².